The molecule has 0 N–H and O–H groups in total. The average Bonchev–Trinajstić information content (AvgIpc) is 2.77. The molecule has 2 aromatic rings. The van der Waals surface area contributed by atoms with E-state index >= 15 is 0 Å². The van der Waals surface area contributed by atoms with Gasteiger partial charge in [0, 0.05) is 30.6 Å². The Hall–Kier alpha value is -2.73. The Morgan fingerprint density at radius 2 is 1.62 bits per heavy atom. The molecule has 29 heavy (non-hydrogen) atoms. The van der Waals surface area contributed by atoms with Crippen molar-refractivity contribution in [3.63, 3.8) is 0 Å². The zero-order chi connectivity index (χ0) is 20.8. The molecule has 1 atom stereocenters. The Bertz CT molecular complexity index is 829. The number of carbonyl (C=O) groups is 1. The van der Waals surface area contributed by atoms with Gasteiger partial charge in [-0.25, -0.2) is 0 Å². The Kier molecular flexibility index (Phi) is 6.99. The van der Waals surface area contributed by atoms with Gasteiger partial charge in [0.15, 0.2) is 17.3 Å². The average molecular weight is 399 g/mol. The van der Waals surface area contributed by atoms with Crippen LogP contribution in [0, 0.1) is 5.92 Å². The smallest absolute Gasteiger partial charge is 0.167 e. The van der Waals surface area contributed by atoms with Gasteiger partial charge in [-0.15, -0.1) is 0 Å². The van der Waals surface area contributed by atoms with Crippen molar-refractivity contribution in [2.45, 2.75) is 19.4 Å². The third-order valence-corrected chi connectivity index (χ3v) is 5.36. The molecular formula is C23H29NO5. The van der Waals surface area contributed by atoms with Crippen molar-refractivity contribution >= 4 is 5.78 Å². The van der Waals surface area contributed by atoms with Gasteiger partial charge in [0.25, 0.3) is 0 Å². The van der Waals surface area contributed by atoms with Crippen LogP contribution in [0.25, 0.3) is 0 Å². The first-order valence-corrected chi connectivity index (χ1v) is 9.78. The van der Waals surface area contributed by atoms with E-state index in [1.54, 1.807) is 40.6 Å². The first-order valence-electron chi connectivity index (χ1n) is 9.78. The predicted octanol–water partition coefficient (Wildman–Crippen LogP) is 3.82. The minimum Gasteiger partial charge on any atom is -0.497 e. The van der Waals surface area contributed by atoms with E-state index in [1.165, 1.54) is 0 Å². The molecule has 0 spiro atoms. The summed E-state index contributed by atoms with van der Waals surface area (Å²) in [4.78, 5) is 15.4. The Morgan fingerprint density at radius 1 is 0.931 bits per heavy atom. The van der Waals surface area contributed by atoms with E-state index in [0.29, 0.717) is 17.1 Å². The monoisotopic (exact) mass is 399 g/mol. The fraction of sp³-hybridized carbons (Fsp3) is 0.435. The maximum atomic E-state index is 13.1. The van der Waals surface area contributed by atoms with Crippen LogP contribution in [-0.2, 0) is 6.54 Å². The van der Waals surface area contributed by atoms with E-state index in [-0.39, 0.29) is 11.7 Å². The van der Waals surface area contributed by atoms with E-state index in [0.717, 1.165) is 49.5 Å². The van der Waals surface area contributed by atoms with E-state index in [4.69, 9.17) is 18.9 Å². The van der Waals surface area contributed by atoms with E-state index in [2.05, 4.69) is 4.90 Å². The van der Waals surface area contributed by atoms with Crippen molar-refractivity contribution in [2.24, 2.45) is 5.92 Å². The summed E-state index contributed by atoms with van der Waals surface area (Å²) < 4.78 is 21.4. The number of carbonyl (C=O) groups excluding carboxylic acids is 1. The van der Waals surface area contributed by atoms with E-state index in [1.807, 2.05) is 24.3 Å². The van der Waals surface area contributed by atoms with Crippen molar-refractivity contribution in [1.82, 2.24) is 4.90 Å². The lowest BCUT2D eigenvalue weighted by Crippen LogP contribution is -2.38. The topological polar surface area (TPSA) is 57.2 Å². The minimum absolute atomic E-state index is 0.0330. The number of nitrogens with zero attached hydrogens (tertiary/aromatic N) is 1. The number of rotatable bonds is 8. The molecule has 6 heteroatoms. The molecule has 0 saturated carbocycles. The molecule has 1 aliphatic heterocycles. The number of ketones is 1. The van der Waals surface area contributed by atoms with Crippen LogP contribution in [-0.4, -0.2) is 52.2 Å². The second-order valence-corrected chi connectivity index (χ2v) is 7.23. The van der Waals surface area contributed by atoms with Crippen LogP contribution >= 0.6 is 0 Å². The zero-order valence-electron chi connectivity index (χ0n) is 17.6. The lowest BCUT2D eigenvalue weighted by Gasteiger charge is -2.32. The molecule has 0 amide bonds. The van der Waals surface area contributed by atoms with Crippen LogP contribution in [0.3, 0.4) is 0 Å². The molecule has 156 valence electrons. The molecule has 6 nitrogen and oxygen atoms in total. The minimum atomic E-state index is -0.0330. The van der Waals surface area contributed by atoms with Crippen LogP contribution < -0.4 is 18.9 Å². The van der Waals surface area contributed by atoms with Gasteiger partial charge in [-0.3, -0.25) is 9.69 Å². The highest BCUT2D eigenvalue weighted by Crippen LogP contribution is 2.31. The van der Waals surface area contributed by atoms with Gasteiger partial charge in [-0.1, -0.05) is 0 Å². The number of benzene rings is 2. The number of methoxy groups -OCH3 is 4. The number of ether oxygens (including phenoxy) is 4. The Balaban J connectivity index is 1.71. The van der Waals surface area contributed by atoms with Gasteiger partial charge in [-0.2, -0.15) is 0 Å². The van der Waals surface area contributed by atoms with Crippen molar-refractivity contribution in [3.8, 4) is 23.0 Å². The van der Waals surface area contributed by atoms with Crippen molar-refractivity contribution < 1.29 is 23.7 Å². The number of Topliss-reactive ketones (excluding diaryl/α,β-unsaturated/α-hetero) is 1. The van der Waals surface area contributed by atoms with Gasteiger partial charge in [0.05, 0.1) is 28.4 Å². The normalized spacial score (nSPS) is 16.9. The standard InChI is InChI=1S/C23H29NO5/c1-26-19-10-16(11-20(13-19)27-2)14-24-9-5-6-18(15-24)23(25)17-7-8-21(28-3)22(12-17)29-4/h7-8,10-13,18H,5-6,9,14-15H2,1-4H3. The number of piperidine rings is 1. The molecule has 1 fully saturated rings. The lowest BCUT2D eigenvalue weighted by atomic mass is 9.89. The van der Waals surface area contributed by atoms with Gasteiger partial charge in [0.2, 0.25) is 0 Å². The zero-order valence-corrected chi connectivity index (χ0v) is 17.6. The van der Waals surface area contributed by atoms with Gasteiger partial charge in [-0.05, 0) is 55.3 Å². The Morgan fingerprint density at radius 3 is 2.24 bits per heavy atom. The molecule has 1 saturated heterocycles. The van der Waals surface area contributed by atoms with Crippen LogP contribution in [0.5, 0.6) is 23.0 Å². The quantitative estimate of drug-likeness (QED) is 0.629. The van der Waals surface area contributed by atoms with Gasteiger partial charge < -0.3 is 18.9 Å². The van der Waals surface area contributed by atoms with E-state index in [9.17, 15) is 4.79 Å². The van der Waals surface area contributed by atoms with Crippen LogP contribution in [0.4, 0.5) is 0 Å². The summed E-state index contributed by atoms with van der Waals surface area (Å²) in [5, 5.41) is 0. The molecule has 1 unspecified atom stereocenters. The molecular weight excluding hydrogens is 370 g/mol. The third kappa shape index (κ3) is 5.01. The molecule has 1 aliphatic rings. The van der Waals surface area contributed by atoms with Crippen LogP contribution in [0.15, 0.2) is 36.4 Å². The summed E-state index contributed by atoms with van der Waals surface area (Å²) in [5.41, 5.74) is 1.78. The molecule has 1 heterocycles. The van der Waals surface area contributed by atoms with Crippen LogP contribution in [0.1, 0.15) is 28.8 Å². The maximum Gasteiger partial charge on any atom is 0.167 e. The summed E-state index contributed by atoms with van der Waals surface area (Å²) in [6, 6.07) is 11.3. The summed E-state index contributed by atoms with van der Waals surface area (Å²) in [5.74, 6) is 2.87. The third-order valence-electron chi connectivity index (χ3n) is 5.36. The van der Waals surface area contributed by atoms with Gasteiger partial charge >= 0.3 is 0 Å². The highest BCUT2D eigenvalue weighted by atomic mass is 16.5. The first-order chi connectivity index (χ1) is 14.1. The first kappa shape index (κ1) is 21.0. The number of likely N-dealkylation sites (tertiary alicyclic amines) is 1. The summed E-state index contributed by atoms with van der Waals surface area (Å²) >= 11 is 0. The molecule has 3 rings (SSSR count). The second-order valence-electron chi connectivity index (χ2n) is 7.23. The molecule has 0 bridgehead atoms. The van der Waals surface area contributed by atoms with E-state index < -0.39 is 0 Å². The SMILES string of the molecule is COc1cc(CN2CCCC(C(=O)c3ccc(OC)c(OC)c3)C2)cc(OC)c1. The lowest BCUT2D eigenvalue weighted by molar-refractivity contribution is 0.0811. The summed E-state index contributed by atoms with van der Waals surface area (Å²) in [7, 11) is 6.47. The van der Waals surface area contributed by atoms with Crippen molar-refractivity contribution in [1.29, 1.82) is 0 Å². The Labute approximate surface area is 172 Å². The largest absolute Gasteiger partial charge is 0.497 e. The fourth-order valence-corrected chi connectivity index (χ4v) is 3.85. The second kappa shape index (κ2) is 9.65. The highest BCUT2D eigenvalue weighted by molar-refractivity contribution is 5.98. The molecule has 0 aliphatic carbocycles. The highest BCUT2D eigenvalue weighted by Gasteiger charge is 2.27. The maximum absolute atomic E-state index is 13.1. The summed E-state index contributed by atoms with van der Waals surface area (Å²) in [6.45, 7) is 2.45. The molecule has 2 aromatic carbocycles. The predicted molar refractivity (Wildman–Crippen MR) is 111 cm³/mol. The summed E-state index contributed by atoms with van der Waals surface area (Å²) in [6.07, 6.45) is 1.88. The fourth-order valence-electron chi connectivity index (χ4n) is 3.85. The van der Waals surface area contributed by atoms with Crippen molar-refractivity contribution in [2.75, 3.05) is 41.5 Å². The van der Waals surface area contributed by atoms with Crippen LogP contribution in [0.2, 0.25) is 0 Å². The molecule has 0 radical (unpaired) electrons. The molecule has 0 aromatic heterocycles. The number of hydrogen-bond acceptors (Lipinski definition) is 6. The van der Waals surface area contributed by atoms with Crippen molar-refractivity contribution in [3.05, 3.63) is 47.5 Å². The number of hydrogen-bond donors (Lipinski definition) is 0. The van der Waals surface area contributed by atoms with Gasteiger partial charge in [0.1, 0.15) is 11.5 Å².